The van der Waals surface area contributed by atoms with E-state index in [0.29, 0.717) is 13.1 Å². The van der Waals surface area contributed by atoms with Crippen LogP contribution in [0.2, 0.25) is 0 Å². The summed E-state index contributed by atoms with van der Waals surface area (Å²) in [7, 11) is 0. The molecule has 7 nitrogen and oxygen atoms in total. The minimum atomic E-state index is -0.403. The van der Waals surface area contributed by atoms with Crippen LogP contribution in [0, 0.1) is 0 Å². The highest BCUT2D eigenvalue weighted by atomic mass is 16.2. The predicted molar refractivity (Wildman–Crippen MR) is 92.9 cm³/mol. The molecule has 0 saturated heterocycles. The lowest BCUT2D eigenvalue weighted by Crippen LogP contribution is -2.39. The Labute approximate surface area is 138 Å². The molecule has 0 atom stereocenters. The Morgan fingerprint density at radius 2 is 2.21 bits per heavy atom. The molecule has 1 aromatic carbocycles. The first kappa shape index (κ1) is 14.5. The molecule has 0 bridgehead atoms. The van der Waals surface area contributed by atoms with E-state index < -0.39 is 6.03 Å². The Balaban J connectivity index is 1.57. The van der Waals surface area contributed by atoms with Crippen LogP contribution >= 0.6 is 0 Å². The Kier molecular flexibility index (Phi) is 3.53. The maximum Gasteiger partial charge on any atom is 0.319 e. The number of H-pyrrole nitrogens is 1. The number of rotatable bonds is 3. The third kappa shape index (κ3) is 2.54. The van der Waals surface area contributed by atoms with E-state index in [9.17, 15) is 4.79 Å². The average Bonchev–Trinajstić information content (AvgIpc) is 3.02. The molecule has 4 rings (SSSR count). The van der Waals surface area contributed by atoms with Crippen LogP contribution in [0.15, 0.2) is 36.8 Å². The summed E-state index contributed by atoms with van der Waals surface area (Å²) in [5, 5.41) is 3.38. The largest absolute Gasteiger partial charge is 0.381 e. The lowest BCUT2D eigenvalue weighted by atomic mass is 10.0. The number of nitrogens with one attached hydrogen (secondary N) is 2. The number of aromatic nitrogens is 3. The molecule has 2 aromatic heterocycles. The number of carbonyl (C=O) groups excluding carboxylic acids is 1. The third-order valence-electron chi connectivity index (χ3n) is 4.34. The molecule has 0 fully saturated rings. The zero-order valence-corrected chi connectivity index (χ0v) is 13.1. The van der Waals surface area contributed by atoms with E-state index in [1.165, 1.54) is 0 Å². The van der Waals surface area contributed by atoms with Gasteiger partial charge in [-0.2, -0.15) is 0 Å². The third-order valence-corrected chi connectivity index (χ3v) is 4.34. The molecule has 24 heavy (non-hydrogen) atoms. The highest BCUT2D eigenvalue weighted by Crippen LogP contribution is 2.30. The van der Waals surface area contributed by atoms with E-state index in [1.807, 2.05) is 18.3 Å². The van der Waals surface area contributed by atoms with Crippen molar-refractivity contribution in [1.29, 1.82) is 0 Å². The van der Waals surface area contributed by atoms with Gasteiger partial charge in [-0.25, -0.2) is 9.78 Å². The number of hydrogen-bond acceptors (Lipinski definition) is 4. The molecular formula is C17H18N6O. The van der Waals surface area contributed by atoms with Gasteiger partial charge in [0.2, 0.25) is 0 Å². The van der Waals surface area contributed by atoms with Crippen molar-refractivity contribution in [3.05, 3.63) is 47.9 Å². The Bertz CT molecular complexity index is 903. The molecule has 0 spiro atoms. The lowest BCUT2D eigenvalue weighted by molar-refractivity contribution is 0.253. The molecule has 7 heteroatoms. The van der Waals surface area contributed by atoms with Gasteiger partial charge in [0.05, 0.1) is 5.69 Å². The number of fused-ring (bicyclic) bond motifs is 2. The van der Waals surface area contributed by atoms with Crippen LogP contribution in [-0.2, 0) is 13.0 Å². The van der Waals surface area contributed by atoms with Gasteiger partial charge in [0, 0.05) is 42.9 Å². The number of primary amides is 1. The highest BCUT2D eigenvalue weighted by Gasteiger charge is 2.20. The zero-order chi connectivity index (χ0) is 16.5. The Morgan fingerprint density at radius 1 is 1.33 bits per heavy atom. The van der Waals surface area contributed by atoms with E-state index in [2.05, 4.69) is 26.3 Å². The first-order chi connectivity index (χ1) is 11.7. The molecule has 0 unspecified atom stereocenters. The summed E-state index contributed by atoms with van der Waals surface area (Å²) in [6, 6.07) is 5.67. The van der Waals surface area contributed by atoms with Gasteiger partial charge in [-0.1, -0.05) is 6.07 Å². The lowest BCUT2D eigenvalue weighted by Gasteiger charge is -2.28. The minimum Gasteiger partial charge on any atom is -0.381 e. The summed E-state index contributed by atoms with van der Waals surface area (Å²) in [5.74, 6) is 0. The van der Waals surface area contributed by atoms with Gasteiger partial charge < -0.3 is 16.0 Å². The molecule has 2 amide bonds. The standard InChI is InChI=1S/C17H18N6O/c18-17(24)23-7-1-2-11-3-4-13(8-14(11)23)21-9-12-10-22-16-15(12)19-5-6-20-16/h3-6,8,10,21H,1-2,7,9H2,(H2,18,24)(H,20,22). The topological polar surface area (TPSA) is 99.9 Å². The van der Waals surface area contributed by atoms with Gasteiger partial charge >= 0.3 is 6.03 Å². The number of nitrogens with two attached hydrogens (primary N) is 1. The number of nitrogens with zero attached hydrogens (tertiary/aromatic N) is 3. The second-order valence-electron chi connectivity index (χ2n) is 5.86. The second kappa shape index (κ2) is 5.84. The number of aromatic amines is 1. The summed E-state index contributed by atoms with van der Waals surface area (Å²) in [6.07, 6.45) is 7.17. The fourth-order valence-corrected chi connectivity index (χ4v) is 3.15. The maximum absolute atomic E-state index is 11.6. The highest BCUT2D eigenvalue weighted by molar-refractivity contribution is 5.92. The molecule has 0 aliphatic carbocycles. The molecule has 3 aromatic rings. The van der Waals surface area contributed by atoms with Gasteiger partial charge in [0.25, 0.3) is 0 Å². The van der Waals surface area contributed by atoms with Crippen LogP contribution in [0.4, 0.5) is 16.2 Å². The van der Waals surface area contributed by atoms with E-state index in [0.717, 1.165) is 46.5 Å². The normalized spacial score (nSPS) is 13.8. The van der Waals surface area contributed by atoms with Crippen LogP contribution in [0.1, 0.15) is 17.5 Å². The molecule has 3 heterocycles. The van der Waals surface area contributed by atoms with Gasteiger partial charge in [0.1, 0.15) is 5.52 Å². The molecule has 122 valence electrons. The quantitative estimate of drug-likeness (QED) is 0.689. The van der Waals surface area contributed by atoms with Crippen LogP contribution in [0.3, 0.4) is 0 Å². The van der Waals surface area contributed by atoms with Gasteiger partial charge in [-0.15, -0.1) is 0 Å². The molecule has 4 N–H and O–H groups in total. The number of amides is 2. The molecule has 0 saturated carbocycles. The number of hydrogen-bond donors (Lipinski definition) is 3. The van der Waals surface area contributed by atoms with E-state index >= 15 is 0 Å². The summed E-state index contributed by atoms with van der Waals surface area (Å²) in [4.78, 5) is 25.0. The second-order valence-corrected chi connectivity index (χ2v) is 5.86. The summed E-state index contributed by atoms with van der Waals surface area (Å²) in [5.41, 5.74) is 11.2. The van der Waals surface area contributed by atoms with Crippen molar-refractivity contribution in [2.75, 3.05) is 16.8 Å². The monoisotopic (exact) mass is 322 g/mol. The number of carbonyl (C=O) groups is 1. The van der Waals surface area contributed by atoms with Crippen LogP contribution in [0.5, 0.6) is 0 Å². The van der Waals surface area contributed by atoms with Gasteiger partial charge in [-0.05, 0) is 30.5 Å². The van der Waals surface area contributed by atoms with Crippen LogP contribution in [0.25, 0.3) is 11.2 Å². The fourth-order valence-electron chi connectivity index (χ4n) is 3.15. The Morgan fingerprint density at radius 3 is 3.08 bits per heavy atom. The minimum absolute atomic E-state index is 0.403. The number of urea groups is 1. The number of anilines is 2. The van der Waals surface area contributed by atoms with E-state index in [1.54, 1.807) is 17.3 Å². The van der Waals surface area contributed by atoms with Crippen molar-refractivity contribution in [3.8, 4) is 0 Å². The first-order valence-electron chi connectivity index (χ1n) is 7.93. The first-order valence-corrected chi connectivity index (χ1v) is 7.93. The van der Waals surface area contributed by atoms with Crippen molar-refractivity contribution in [2.24, 2.45) is 5.73 Å². The Hall–Kier alpha value is -3.09. The van der Waals surface area contributed by atoms with Crippen molar-refractivity contribution < 1.29 is 4.79 Å². The molecular weight excluding hydrogens is 304 g/mol. The van der Waals surface area contributed by atoms with Crippen LogP contribution < -0.4 is 16.0 Å². The average molecular weight is 322 g/mol. The molecule has 1 aliphatic rings. The van der Waals surface area contributed by atoms with Gasteiger partial charge in [0.15, 0.2) is 5.65 Å². The van der Waals surface area contributed by atoms with Crippen LogP contribution in [-0.4, -0.2) is 27.5 Å². The van der Waals surface area contributed by atoms with E-state index in [4.69, 9.17) is 5.73 Å². The molecule has 0 radical (unpaired) electrons. The number of aryl methyl sites for hydroxylation is 1. The van der Waals surface area contributed by atoms with Crippen molar-refractivity contribution in [1.82, 2.24) is 15.0 Å². The predicted octanol–water partition coefficient (Wildman–Crippen LogP) is 2.40. The fraction of sp³-hybridized carbons (Fsp3) is 0.235. The van der Waals surface area contributed by atoms with Crippen molar-refractivity contribution >= 4 is 28.6 Å². The van der Waals surface area contributed by atoms with Gasteiger partial charge in [-0.3, -0.25) is 9.88 Å². The number of benzene rings is 1. The van der Waals surface area contributed by atoms with Crippen molar-refractivity contribution in [2.45, 2.75) is 19.4 Å². The summed E-state index contributed by atoms with van der Waals surface area (Å²) in [6.45, 7) is 1.29. The summed E-state index contributed by atoms with van der Waals surface area (Å²) < 4.78 is 0. The van der Waals surface area contributed by atoms with E-state index in [-0.39, 0.29) is 0 Å². The maximum atomic E-state index is 11.6. The zero-order valence-electron chi connectivity index (χ0n) is 13.1. The SMILES string of the molecule is NC(=O)N1CCCc2ccc(NCc3c[nH]c4nccnc34)cc21. The molecule has 1 aliphatic heterocycles. The summed E-state index contributed by atoms with van der Waals surface area (Å²) >= 11 is 0. The smallest absolute Gasteiger partial charge is 0.319 e. The van der Waals surface area contributed by atoms with Crippen molar-refractivity contribution in [3.63, 3.8) is 0 Å².